The first-order valence-electron chi connectivity index (χ1n) is 5.25. The van der Waals surface area contributed by atoms with E-state index in [1.54, 1.807) is 0 Å². The van der Waals surface area contributed by atoms with Crippen LogP contribution in [0, 0.1) is 0 Å². The van der Waals surface area contributed by atoms with Crippen molar-refractivity contribution in [2.45, 2.75) is 26.2 Å². The van der Waals surface area contributed by atoms with Crippen molar-refractivity contribution < 1.29 is 10.2 Å². The molecule has 5 heteroatoms. The van der Waals surface area contributed by atoms with Crippen molar-refractivity contribution in [2.75, 3.05) is 0 Å². The van der Waals surface area contributed by atoms with Crippen LogP contribution in [-0.4, -0.2) is 20.4 Å². The summed E-state index contributed by atoms with van der Waals surface area (Å²) >= 11 is 0. The van der Waals surface area contributed by atoms with Crippen LogP contribution in [0.15, 0.2) is 16.9 Å². The molecule has 1 heterocycles. The fourth-order valence-corrected chi connectivity index (χ4v) is 1.66. The summed E-state index contributed by atoms with van der Waals surface area (Å²) in [6, 6.07) is 2.53. The Labute approximate surface area is 97.7 Å². The van der Waals surface area contributed by atoms with Crippen molar-refractivity contribution in [3.05, 3.63) is 28.0 Å². The highest BCUT2D eigenvalue weighted by atomic mass is 16.3. The Hall–Kier alpha value is -2.04. The number of hydrogen-bond donors (Lipinski definition) is 3. The van der Waals surface area contributed by atoms with Crippen molar-refractivity contribution in [1.82, 2.24) is 10.2 Å². The van der Waals surface area contributed by atoms with E-state index < -0.39 is 0 Å². The van der Waals surface area contributed by atoms with E-state index >= 15 is 0 Å². The maximum atomic E-state index is 12.2. The number of phenolic OH excluding ortho intramolecular Hbond substituents is 2. The second-order valence-electron chi connectivity index (χ2n) is 5.04. The summed E-state index contributed by atoms with van der Waals surface area (Å²) in [5, 5.41) is 25.8. The average Bonchev–Trinajstić information content (AvgIpc) is 2.19. The predicted octanol–water partition coefficient (Wildman–Crippen LogP) is 1.63. The number of rotatable bonds is 0. The Bertz CT molecular complexity index is 638. The van der Waals surface area contributed by atoms with E-state index in [0.29, 0.717) is 16.6 Å². The Morgan fingerprint density at radius 3 is 2.35 bits per heavy atom. The second-order valence-corrected chi connectivity index (χ2v) is 5.04. The van der Waals surface area contributed by atoms with Gasteiger partial charge in [-0.15, -0.1) is 0 Å². The van der Waals surface area contributed by atoms with Gasteiger partial charge in [0.15, 0.2) is 11.5 Å². The van der Waals surface area contributed by atoms with Gasteiger partial charge in [-0.05, 0) is 6.07 Å². The average molecular weight is 234 g/mol. The molecule has 0 fully saturated rings. The van der Waals surface area contributed by atoms with Crippen LogP contribution >= 0.6 is 0 Å². The standard InChI is InChI=1S/C12H14N2O3/c1-12(2,3)11-10(17)6-4-8(15)9(16)5-7(6)13-14-11/h4-5,15-16H,1-3H3,(H,13,17). The highest BCUT2D eigenvalue weighted by molar-refractivity contribution is 5.82. The first-order chi connectivity index (χ1) is 7.80. The largest absolute Gasteiger partial charge is 0.504 e. The summed E-state index contributed by atoms with van der Waals surface area (Å²) in [7, 11) is 0. The van der Waals surface area contributed by atoms with E-state index in [-0.39, 0.29) is 22.3 Å². The molecule has 2 rings (SSSR count). The third-order valence-corrected chi connectivity index (χ3v) is 2.57. The van der Waals surface area contributed by atoms with Gasteiger partial charge in [0.1, 0.15) is 5.69 Å². The molecule has 1 aromatic carbocycles. The highest BCUT2D eigenvalue weighted by Crippen LogP contribution is 2.28. The normalized spacial score (nSPS) is 11.9. The lowest BCUT2D eigenvalue weighted by Crippen LogP contribution is -2.25. The van der Waals surface area contributed by atoms with Crippen LogP contribution in [0.4, 0.5) is 0 Å². The number of aromatic amines is 1. The summed E-state index contributed by atoms with van der Waals surface area (Å²) in [5.74, 6) is -0.590. The molecule has 0 bridgehead atoms. The van der Waals surface area contributed by atoms with Crippen molar-refractivity contribution in [1.29, 1.82) is 0 Å². The minimum absolute atomic E-state index is 0.235. The van der Waals surface area contributed by atoms with Gasteiger partial charge in [0.05, 0.1) is 10.9 Å². The molecule has 0 radical (unpaired) electrons. The van der Waals surface area contributed by atoms with Gasteiger partial charge in [-0.1, -0.05) is 20.8 Å². The SMILES string of the molecule is CC(C)(C)c1n[nH]c2cc(O)c(O)cc2c1=O. The molecule has 5 nitrogen and oxygen atoms in total. The molecule has 0 aliphatic carbocycles. The molecule has 0 aliphatic rings. The highest BCUT2D eigenvalue weighted by Gasteiger charge is 2.21. The number of phenols is 2. The van der Waals surface area contributed by atoms with E-state index in [1.807, 2.05) is 20.8 Å². The van der Waals surface area contributed by atoms with Crippen LogP contribution in [0.3, 0.4) is 0 Å². The number of nitrogens with one attached hydrogen (secondary N) is 1. The van der Waals surface area contributed by atoms with E-state index in [0.717, 1.165) is 0 Å². The van der Waals surface area contributed by atoms with E-state index in [9.17, 15) is 15.0 Å². The van der Waals surface area contributed by atoms with Crippen LogP contribution in [-0.2, 0) is 5.41 Å². The zero-order chi connectivity index (χ0) is 12.8. The van der Waals surface area contributed by atoms with Crippen LogP contribution in [0.1, 0.15) is 26.5 Å². The number of H-pyrrole nitrogens is 1. The first kappa shape index (κ1) is 11.4. The van der Waals surface area contributed by atoms with Gasteiger partial charge in [0.2, 0.25) is 5.43 Å². The second kappa shape index (κ2) is 3.48. The van der Waals surface area contributed by atoms with E-state index in [2.05, 4.69) is 10.2 Å². The zero-order valence-electron chi connectivity index (χ0n) is 9.90. The van der Waals surface area contributed by atoms with Crippen molar-refractivity contribution in [3.63, 3.8) is 0 Å². The number of nitrogens with zero attached hydrogens (tertiary/aromatic N) is 1. The summed E-state index contributed by atoms with van der Waals surface area (Å²) < 4.78 is 0. The first-order valence-corrected chi connectivity index (χ1v) is 5.25. The molecule has 17 heavy (non-hydrogen) atoms. The smallest absolute Gasteiger partial charge is 0.211 e. The van der Waals surface area contributed by atoms with Gasteiger partial charge in [0.25, 0.3) is 0 Å². The number of aromatic nitrogens is 2. The van der Waals surface area contributed by atoms with Crippen LogP contribution in [0.25, 0.3) is 10.9 Å². The number of hydrogen-bond acceptors (Lipinski definition) is 4. The maximum Gasteiger partial charge on any atom is 0.211 e. The number of fused-ring (bicyclic) bond motifs is 1. The van der Waals surface area contributed by atoms with Gasteiger partial charge in [-0.3, -0.25) is 9.89 Å². The summed E-state index contributed by atoms with van der Waals surface area (Å²) in [4.78, 5) is 12.2. The molecule has 0 aliphatic heterocycles. The van der Waals surface area contributed by atoms with Crippen molar-refractivity contribution in [3.8, 4) is 11.5 Å². The van der Waals surface area contributed by atoms with E-state index in [4.69, 9.17) is 0 Å². The molecule has 3 N–H and O–H groups in total. The van der Waals surface area contributed by atoms with Crippen molar-refractivity contribution in [2.24, 2.45) is 0 Å². The minimum atomic E-state index is -0.380. The molecule has 1 aromatic heterocycles. The van der Waals surface area contributed by atoms with Crippen LogP contribution < -0.4 is 5.43 Å². The minimum Gasteiger partial charge on any atom is -0.504 e. The molecule has 0 atom stereocenters. The Morgan fingerprint density at radius 1 is 1.18 bits per heavy atom. The number of benzene rings is 1. The fourth-order valence-electron chi connectivity index (χ4n) is 1.66. The van der Waals surface area contributed by atoms with Gasteiger partial charge in [0, 0.05) is 11.5 Å². The molecular formula is C12H14N2O3. The molecule has 0 spiro atoms. The topological polar surface area (TPSA) is 86.2 Å². The predicted molar refractivity (Wildman–Crippen MR) is 64.4 cm³/mol. The van der Waals surface area contributed by atoms with Gasteiger partial charge in [-0.25, -0.2) is 0 Å². The lowest BCUT2D eigenvalue weighted by molar-refractivity contribution is 0.404. The van der Waals surface area contributed by atoms with Crippen LogP contribution in [0.5, 0.6) is 11.5 Å². The summed E-state index contributed by atoms with van der Waals surface area (Å²) in [6.45, 7) is 5.66. The lowest BCUT2D eigenvalue weighted by Gasteiger charge is -2.16. The molecule has 0 saturated carbocycles. The Balaban J connectivity index is 2.85. The molecule has 0 amide bonds. The molecule has 0 unspecified atom stereocenters. The van der Waals surface area contributed by atoms with Crippen molar-refractivity contribution >= 4 is 10.9 Å². The van der Waals surface area contributed by atoms with E-state index in [1.165, 1.54) is 12.1 Å². The Morgan fingerprint density at radius 2 is 1.76 bits per heavy atom. The quantitative estimate of drug-likeness (QED) is 0.605. The van der Waals surface area contributed by atoms with Gasteiger partial charge < -0.3 is 10.2 Å². The maximum absolute atomic E-state index is 12.2. The molecular weight excluding hydrogens is 220 g/mol. The molecule has 90 valence electrons. The van der Waals surface area contributed by atoms with Gasteiger partial charge >= 0.3 is 0 Å². The third-order valence-electron chi connectivity index (χ3n) is 2.57. The van der Waals surface area contributed by atoms with Gasteiger partial charge in [-0.2, -0.15) is 5.10 Å². The molecule has 0 saturated heterocycles. The lowest BCUT2D eigenvalue weighted by atomic mass is 9.91. The summed E-state index contributed by atoms with van der Waals surface area (Å²) in [6.07, 6.45) is 0. The fraction of sp³-hybridized carbons (Fsp3) is 0.333. The van der Waals surface area contributed by atoms with Crippen LogP contribution in [0.2, 0.25) is 0 Å². The monoisotopic (exact) mass is 234 g/mol. The third kappa shape index (κ3) is 1.84. The zero-order valence-corrected chi connectivity index (χ0v) is 9.90. The molecule has 2 aromatic rings. The summed E-state index contributed by atoms with van der Waals surface area (Å²) in [5.41, 5.74) is 0.185. The number of aromatic hydroxyl groups is 2. The Kier molecular flexibility index (Phi) is 2.34.